The minimum atomic E-state index is -0.531. The second kappa shape index (κ2) is 8.31. The molecule has 0 saturated carbocycles. The summed E-state index contributed by atoms with van der Waals surface area (Å²) in [7, 11) is 1.65. The molecule has 0 aliphatic rings. The zero-order chi connectivity index (χ0) is 21.1. The first-order valence-electron chi connectivity index (χ1n) is 9.54. The van der Waals surface area contributed by atoms with Crippen molar-refractivity contribution >= 4 is 39.6 Å². The molecule has 4 aromatic rings. The van der Waals surface area contributed by atoms with Crippen LogP contribution in [0.4, 0.5) is 5.69 Å². The van der Waals surface area contributed by atoms with Gasteiger partial charge in [0.05, 0.1) is 12.8 Å². The highest BCUT2D eigenvalue weighted by molar-refractivity contribution is 6.06. The molecule has 0 fully saturated rings. The van der Waals surface area contributed by atoms with E-state index in [9.17, 15) is 4.79 Å². The van der Waals surface area contributed by atoms with Gasteiger partial charge in [0.1, 0.15) is 16.9 Å². The van der Waals surface area contributed by atoms with Crippen LogP contribution in [0.2, 0.25) is 0 Å². The Morgan fingerprint density at radius 1 is 1.07 bits per heavy atom. The summed E-state index contributed by atoms with van der Waals surface area (Å²) < 4.78 is 11.6. The molecule has 0 saturated heterocycles. The molecule has 3 aromatic carbocycles. The van der Waals surface area contributed by atoms with Crippen molar-refractivity contribution in [2.75, 3.05) is 19.0 Å². The van der Waals surface area contributed by atoms with E-state index in [0.29, 0.717) is 12.1 Å². The molecule has 0 unspecified atom stereocenters. The lowest BCUT2D eigenvalue weighted by molar-refractivity contribution is 0.0706. The largest absolute Gasteiger partial charge is 0.495 e. The number of nitrogens with one attached hydrogen (secondary N) is 2. The van der Waals surface area contributed by atoms with E-state index < -0.39 is 5.91 Å². The maximum Gasteiger partial charge on any atom is 0.274 e. The zero-order valence-corrected chi connectivity index (χ0v) is 16.7. The maximum atomic E-state index is 11.4. The molecule has 1 aromatic heterocycles. The molecular weight excluding hydrogens is 380 g/mol. The van der Waals surface area contributed by atoms with Gasteiger partial charge in [0.2, 0.25) is 0 Å². The van der Waals surface area contributed by atoms with Gasteiger partial charge in [-0.1, -0.05) is 42.0 Å². The van der Waals surface area contributed by atoms with Gasteiger partial charge in [-0.05, 0) is 36.8 Å². The van der Waals surface area contributed by atoms with Gasteiger partial charge in [-0.25, -0.2) is 5.48 Å². The number of fused-ring (bicyclic) bond motifs is 3. The van der Waals surface area contributed by atoms with Gasteiger partial charge in [0.25, 0.3) is 5.91 Å². The fraction of sp³-hybridized carbons (Fsp3) is 0.125. The number of benzene rings is 3. The van der Waals surface area contributed by atoms with Gasteiger partial charge in [0.15, 0.2) is 0 Å². The molecule has 0 spiro atoms. The quantitative estimate of drug-likeness (QED) is 0.304. The molecule has 0 bridgehead atoms. The number of ether oxygens (including phenoxy) is 1. The first-order chi connectivity index (χ1) is 14.6. The summed E-state index contributed by atoms with van der Waals surface area (Å²) in [6, 6.07) is 18.9. The first kappa shape index (κ1) is 19.5. The molecule has 6 heteroatoms. The standard InChI is InChI=1S/C24H22N2O4/c1-15(11-16-7-9-17(10-8-16)24(27)26-28)14-25-20-13-22-19(12-23(20)29-2)18-5-3-4-6-21(18)30-22/h3-13,25,28H,14H2,1-2H3,(H,26,27)/b15-11+. The van der Waals surface area contributed by atoms with Crippen LogP contribution in [0.1, 0.15) is 22.8 Å². The van der Waals surface area contributed by atoms with Crippen molar-refractivity contribution in [3.05, 3.63) is 77.4 Å². The van der Waals surface area contributed by atoms with Crippen LogP contribution >= 0.6 is 0 Å². The van der Waals surface area contributed by atoms with Crippen molar-refractivity contribution in [2.45, 2.75) is 6.92 Å². The molecule has 6 nitrogen and oxygen atoms in total. The highest BCUT2D eigenvalue weighted by Crippen LogP contribution is 2.36. The molecule has 4 rings (SSSR count). The van der Waals surface area contributed by atoms with Crippen LogP contribution in [0.3, 0.4) is 0 Å². The minimum absolute atomic E-state index is 0.398. The third kappa shape index (κ3) is 3.86. The molecule has 3 N–H and O–H groups in total. The molecular formula is C24H22N2O4. The number of para-hydroxylation sites is 1. The Balaban J connectivity index is 1.54. The number of furan rings is 1. The lowest BCUT2D eigenvalue weighted by Gasteiger charge is -2.12. The van der Waals surface area contributed by atoms with Crippen molar-refractivity contribution in [3.63, 3.8) is 0 Å². The lowest BCUT2D eigenvalue weighted by Crippen LogP contribution is -2.18. The molecule has 0 aliphatic heterocycles. The van der Waals surface area contributed by atoms with E-state index in [1.54, 1.807) is 24.7 Å². The summed E-state index contributed by atoms with van der Waals surface area (Å²) in [6.07, 6.45) is 2.03. The van der Waals surface area contributed by atoms with Crippen molar-refractivity contribution < 1.29 is 19.2 Å². The van der Waals surface area contributed by atoms with Crippen LogP contribution in [0.25, 0.3) is 28.0 Å². The van der Waals surface area contributed by atoms with Gasteiger partial charge in [-0.15, -0.1) is 0 Å². The van der Waals surface area contributed by atoms with Gasteiger partial charge in [-0.2, -0.15) is 0 Å². The Morgan fingerprint density at radius 2 is 1.83 bits per heavy atom. The molecule has 0 atom stereocenters. The van der Waals surface area contributed by atoms with Crippen LogP contribution < -0.4 is 15.5 Å². The minimum Gasteiger partial charge on any atom is -0.495 e. The van der Waals surface area contributed by atoms with E-state index in [1.165, 1.54) is 0 Å². The smallest absolute Gasteiger partial charge is 0.274 e. The van der Waals surface area contributed by atoms with Gasteiger partial charge in [-0.3, -0.25) is 10.0 Å². The van der Waals surface area contributed by atoms with Crippen molar-refractivity contribution in [1.29, 1.82) is 0 Å². The SMILES string of the molecule is COc1cc2c(cc1NC/C(C)=C/c1ccc(C(=O)NO)cc1)oc1ccccc12. The number of hydrogen-bond donors (Lipinski definition) is 3. The Labute approximate surface area is 173 Å². The summed E-state index contributed by atoms with van der Waals surface area (Å²) >= 11 is 0. The third-order valence-electron chi connectivity index (χ3n) is 4.94. The maximum absolute atomic E-state index is 11.4. The number of carbonyl (C=O) groups excluding carboxylic acids is 1. The van der Waals surface area contributed by atoms with E-state index in [-0.39, 0.29) is 0 Å². The summed E-state index contributed by atoms with van der Waals surface area (Å²) in [5.74, 6) is 0.221. The van der Waals surface area contributed by atoms with Crippen molar-refractivity contribution in [2.24, 2.45) is 0 Å². The first-order valence-corrected chi connectivity index (χ1v) is 9.54. The molecule has 0 aliphatic carbocycles. The molecule has 1 heterocycles. The Bertz CT molecular complexity index is 1240. The summed E-state index contributed by atoms with van der Waals surface area (Å²) in [5.41, 5.74) is 6.59. The fourth-order valence-corrected chi connectivity index (χ4v) is 3.42. The average Bonchev–Trinajstić information content (AvgIpc) is 3.14. The van der Waals surface area contributed by atoms with E-state index in [4.69, 9.17) is 14.4 Å². The number of amides is 1. The second-order valence-corrected chi connectivity index (χ2v) is 7.05. The summed E-state index contributed by atoms with van der Waals surface area (Å²) in [4.78, 5) is 11.4. The van der Waals surface area contributed by atoms with E-state index in [0.717, 1.165) is 44.5 Å². The summed E-state index contributed by atoms with van der Waals surface area (Å²) in [5, 5.41) is 14.2. The number of anilines is 1. The number of hydrogen-bond acceptors (Lipinski definition) is 5. The van der Waals surface area contributed by atoms with E-state index in [1.807, 2.05) is 61.5 Å². The number of rotatable bonds is 6. The predicted molar refractivity (Wildman–Crippen MR) is 118 cm³/mol. The number of carbonyl (C=O) groups is 1. The Hall–Kier alpha value is -3.77. The van der Waals surface area contributed by atoms with Crippen LogP contribution in [0, 0.1) is 0 Å². The Kier molecular flexibility index (Phi) is 5.41. The number of methoxy groups -OCH3 is 1. The third-order valence-corrected chi connectivity index (χ3v) is 4.94. The Morgan fingerprint density at radius 3 is 2.57 bits per heavy atom. The van der Waals surface area contributed by atoms with Crippen LogP contribution in [0.5, 0.6) is 5.75 Å². The topological polar surface area (TPSA) is 83.7 Å². The zero-order valence-electron chi connectivity index (χ0n) is 16.7. The normalized spacial score (nSPS) is 11.6. The molecule has 30 heavy (non-hydrogen) atoms. The van der Waals surface area contributed by atoms with E-state index in [2.05, 4.69) is 5.32 Å². The van der Waals surface area contributed by atoms with Crippen LogP contribution in [-0.2, 0) is 0 Å². The van der Waals surface area contributed by atoms with Crippen LogP contribution in [-0.4, -0.2) is 24.8 Å². The second-order valence-electron chi connectivity index (χ2n) is 7.05. The molecule has 152 valence electrons. The van der Waals surface area contributed by atoms with Gasteiger partial charge < -0.3 is 14.5 Å². The van der Waals surface area contributed by atoms with Crippen molar-refractivity contribution in [3.8, 4) is 5.75 Å². The van der Waals surface area contributed by atoms with Gasteiger partial charge in [0, 0.05) is 28.9 Å². The van der Waals surface area contributed by atoms with Crippen LogP contribution in [0.15, 0.2) is 70.7 Å². The van der Waals surface area contributed by atoms with E-state index >= 15 is 0 Å². The molecule has 1 amide bonds. The lowest BCUT2D eigenvalue weighted by atomic mass is 10.1. The monoisotopic (exact) mass is 402 g/mol. The molecule has 0 radical (unpaired) electrons. The number of hydroxylamine groups is 1. The summed E-state index contributed by atoms with van der Waals surface area (Å²) in [6.45, 7) is 2.63. The highest BCUT2D eigenvalue weighted by Gasteiger charge is 2.12. The van der Waals surface area contributed by atoms with Crippen molar-refractivity contribution in [1.82, 2.24) is 5.48 Å². The predicted octanol–water partition coefficient (Wildman–Crippen LogP) is 5.23. The average molecular weight is 402 g/mol. The van der Waals surface area contributed by atoms with Gasteiger partial charge >= 0.3 is 0 Å². The fourth-order valence-electron chi connectivity index (χ4n) is 3.42. The highest BCUT2D eigenvalue weighted by atomic mass is 16.5.